The molecule has 0 aliphatic rings. The van der Waals surface area contributed by atoms with Crippen molar-refractivity contribution in [1.82, 2.24) is 19.6 Å². The van der Waals surface area contributed by atoms with Gasteiger partial charge >= 0.3 is 0 Å². The topological polar surface area (TPSA) is 72.2 Å². The van der Waals surface area contributed by atoms with Crippen LogP contribution in [-0.2, 0) is 11.2 Å². The number of amides is 1. The lowest BCUT2D eigenvalue weighted by Crippen LogP contribution is -2.15. The molecule has 1 N–H and O–H groups in total. The Labute approximate surface area is 161 Å². The fourth-order valence-corrected chi connectivity index (χ4v) is 3.42. The molecule has 3 rings (SSSR count). The third kappa shape index (κ3) is 3.83. The highest BCUT2D eigenvalue weighted by Gasteiger charge is 2.14. The summed E-state index contributed by atoms with van der Waals surface area (Å²) in [7, 11) is 0. The molecule has 0 radical (unpaired) electrons. The van der Waals surface area contributed by atoms with Crippen molar-refractivity contribution < 1.29 is 4.79 Å². The van der Waals surface area contributed by atoms with E-state index in [0.717, 1.165) is 28.2 Å². The van der Waals surface area contributed by atoms with E-state index in [1.165, 1.54) is 11.8 Å². The largest absolute Gasteiger partial charge is 0.326 e. The molecular formula is C18H20ClN5OS. The van der Waals surface area contributed by atoms with Gasteiger partial charge in [-0.05, 0) is 62.8 Å². The summed E-state index contributed by atoms with van der Waals surface area (Å²) in [6, 6.07) is 5.42. The summed E-state index contributed by atoms with van der Waals surface area (Å²) < 4.78 is 1.75. The Morgan fingerprint density at radius 3 is 2.73 bits per heavy atom. The van der Waals surface area contributed by atoms with Gasteiger partial charge in [-0.25, -0.2) is 9.50 Å². The molecule has 0 aliphatic heterocycles. The highest BCUT2D eigenvalue weighted by Crippen LogP contribution is 2.21. The van der Waals surface area contributed by atoms with E-state index < -0.39 is 0 Å². The van der Waals surface area contributed by atoms with Crippen LogP contribution >= 0.6 is 23.4 Å². The molecule has 0 bridgehead atoms. The SMILES string of the molecule is CSc1nc2nc(C)c(CCC(=O)Nc3ccc(Cl)cc3C)c(C)n2n1. The van der Waals surface area contributed by atoms with Gasteiger partial charge in [-0.2, -0.15) is 4.98 Å². The van der Waals surface area contributed by atoms with Crippen molar-refractivity contribution in [1.29, 1.82) is 0 Å². The predicted octanol–water partition coefficient (Wildman–Crippen LogP) is 4.00. The number of fused-ring (bicyclic) bond motifs is 1. The molecule has 1 aromatic carbocycles. The minimum atomic E-state index is -0.0438. The van der Waals surface area contributed by atoms with Crippen molar-refractivity contribution in [2.75, 3.05) is 11.6 Å². The molecule has 0 saturated carbocycles. The Morgan fingerprint density at radius 2 is 2.04 bits per heavy atom. The summed E-state index contributed by atoms with van der Waals surface area (Å²) in [5, 5.41) is 8.73. The molecule has 0 aliphatic carbocycles. The van der Waals surface area contributed by atoms with E-state index >= 15 is 0 Å². The molecule has 0 fully saturated rings. The number of halogens is 1. The number of hydrogen-bond donors (Lipinski definition) is 1. The standard InChI is InChI=1S/C18H20ClN5OS/c1-10-9-13(19)5-7-15(10)21-16(25)8-6-14-11(2)20-17-22-18(26-4)23-24(17)12(14)3/h5,7,9H,6,8H2,1-4H3,(H,21,25). The van der Waals surface area contributed by atoms with E-state index in [-0.39, 0.29) is 5.91 Å². The molecule has 136 valence electrons. The fraction of sp³-hybridized carbons (Fsp3) is 0.333. The van der Waals surface area contributed by atoms with Crippen molar-refractivity contribution in [2.45, 2.75) is 38.8 Å². The number of aryl methyl sites for hydroxylation is 3. The monoisotopic (exact) mass is 389 g/mol. The zero-order valence-corrected chi connectivity index (χ0v) is 16.7. The van der Waals surface area contributed by atoms with Crippen molar-refractivity contribution in [2.24, 2.45) is 0 Å². The summed E-state index contributed by atoms with van der Waals surface area (Å²) in [5.74, 6) is 0.548. The number of hydrogen-bond acceptors (Lipinski definition) is 5. The van der Waals surface area contributed by atoms with Crippen LogP contribution in [0.1, 0.15) is 28.9 Å². The van der Waals surface area contributed by atoms with Gasteiger partial charge in [-0.15, -0.1) is 5.10 Å². The summed E-state index contributed by atoms with van der Waals surface area (Å²) in [4.78, 5) is 21.3. The maximum absolute atomic E-state index is 12.4. The van der Waals surface area contributed by atoms with E-state index in [2.05, 4.69) is 20.4 Å². The van der Waals surface area contributed by atoms with Crippen LogP contribution < -0.4 is 5.32 Å². The van der Waals surface area contributed by atoms with E-state index in [1.807, 2.05) is 39.2 Å². The number of anilines is 1. The first-order chi connectivity index (χ1) is 12.4. The van der Waals surface area contributed by atoms with Crippen molar-refractivity contribution in [3.63, 3.8) is 0 Å². The number of nitrogens with one attached hydrogen (secondary N) is 1. The molecule has 8 heteroatoms. The molecule has 3 aromatic rings. The molecule has 2 heterocycles. The number of rotatable bonds is 5. The summed E-state index contributed by atoms with van der Waals surface area (Å²) in [6.07, 6.45) is 2.88. The lowest BCUT2D eigenvalue weighted by molar-refractivity contribution is -0.116. The molecule has 6 nitrogen and oxygen atoms in total. The Morgan fingerprint density at radius 1 is 1.27 bits per heavy atom. The van der Waals surface area contributed by atoms with E-state index in [9.17, 15) is 4.79 Å². The lowest BCUT2D eigenvalue weighted by atomic mass is 10.1. The molecule has 0 saturated heterocycles. The zero-order valence-electron chi connectivity index (χ0n) is 15.1. The maximum atomic E-state index is 12.4. The third-order valence-electron chi connectivity index (χ3n) is 4.28. The van der Waals surface area contributed by atoms with Crippen LogP contribution in [0.15, 0.2) is 23.4 Å². The number of carbonyl (C=O) groups is 1. The first-order valence-corrected chi connectivity index (χ1v) is 9.82. The molecule has 0 unspecified atom stereocenters. The van der Waals surface area contributed by atoms with Gasteiger partial charge < -0.3 is 5.32 Å². The fourth-order valence-electron chi connectivity index (χ4n) is 2.86. The van der Waals surface area contributed by atoms with Crippen molar-refractivity contribution in [3.8, 4) is 0 Å². The van der Waals surface area contributed by atoms with E-state index in [1.54, 1.807) is 10.6 Å². The smallest absolute Gasteiger partial charge is 0.253 e. The first kappa shape index (κ1) is 18.7. The van der Waals surface area contributed by atoms with Gasteiger partial charge in [0.05, 0.1) is 0 Å². The van der Waals surface area contributed by atoms with Gasteiger partial charge in [0.25, 0.3) is 5.78 Å². The zero-order chi connectivity index (χ0) is 18.8. The van der Waals surface area contributed by atoms with Crippen LogP contribution in [0.25, 0.3) is 5.78 Å². The van der Waals surface area contributed by atoms with Crippen molar-refractivity contribution >= 4 is 40.7 Å². The van der Waals surface area contributed by atoms with E-state index in [4.69, 9.17) is 11.6 Å². The predicted molar refractivity (Wildman–Crippen MR) is 105 cm³/mol. The molecular weight excluding hydrogens is 370 g/mol. The molecule has 0 spiro atoms. The van der Waals surface area contributed by atoms with Crippen LogP contribution in [0.4, 0.5) is 5.69 Å². The third-order valence-corrected chi connectivity index (χ3v) is 5.05. The van der Waals surface area contributed by atoms with Crippen molar-refractivity contribution in [3.05, 3.63) is 45.7 Å². The summed E-state index contributed by atoms with van der Waals surface area (Å²) in [6.45, 7) is 5.84. The Balaban J connectivity index is 1.75. The normalized spacial score (nSPS) is 11.1. The maximum Gasteiger partial charge on any atom is 0.253 e. The van der Waals surface area contributed by atoms with Gasteiger partial charge in [0.2, 0.25) is 11.1 Å². The first-order valence-electron chi connectivity index (χ1n) is 8.22. The highest BCUT2D eigenvalue weighted by atomic mass is 35.5. The number of aromatic nitrogens is 4. The second kappa shape index (κ2) is 7.63. The minimum Gasteiger partial charge on any atom is -0.326 e. The molecule has 1 amide bonds. The second-order valence-corrected chi connectivity index (χ2v) is 7.29. The minimum absolute atomic E-state index is 0.0438. The lowest BCUT2D eigenvalue weighted by Gasteiger charge is -2.11. The van der Waals surface area contributed by atoms with Gasteiger partial charge in [0.15, 0.2) is 0 Å². The number of nitrogens with zero attached hydrogens (tertiary/aromatic N) is 4. The van der Waals surface area contributed by atoms with Crippen LogP contribution in [-0.4, -0.2) is 31.7 Å². The highest BCUT2D eigenvalue weighted by molar-refractivity contribution is 7.98. The molecule has 0 atom stereocenters. The Kier molecular flexibility index (Phi) is 5.48. The second-order valence-electron chi connectivity index (χ2n) is 6.08. The van der Waals surface area contributed by atoms with Gasteiger partial charge in [-0.1, -0.05) is 23.4 Å². The number of carbonyl (C=O) groups excluding carboxylic acids is 1. The van der Waals surface area contributed by atoms with Gasteiger partial charge in [0, 0.05) is 28.5 Å². The average molecular weight is 390 g/mol. The Hall–Kier alpha value is -2.12. The molecule has 2 aromatic heterocycles. The summed E-state index contributed by atoms with van der Waals surface area (Å²) >= 11 is 7.44. The quantitative estimate of drug-likeness (QED) is 0.668. The number of thioether (sulfide) groups is 1. The van der Waals surface area contributed by atoms with Gasteiger partial charge in [0.1, 0.15) is 0 Å². The van der Waals surface area contributed by atoms with Crippen LogP contribution in [0.3, 0.4) is 0 Å². The number of benzene rings is 1. The van der Waals surface area contributed by atoms with Crippen LogP contribution in [0.5, 0.6) is 0 Å². The van der Waals surface area contributed by atoms with Gasteiger partial charge in [-0.3, -0.25) is 4.79 Å². The van der Waals surface area contributed by atoms with Crippen LogP contribution in [0, 0.1) is 20.8 Å². The van der Waals surface area contributed by atoms with E-state index in [0.29, 0.717) is 28.8 Å². The molecule has 26 heavy (non-hydrogen) atoms. The van der Waals surface area contributed by atoms with Crippen LogP contribution in [0.2, 0.25) is 5.02 Å². The Bertz CT molecular complexity index is 985. The summed E-state index contributed by atoms with van der Waals surface area (Å²) in [5.41, 5.74) is 4.59. The average Bonchev–Trinajstić information content (AvgIpc) is 3.00.